The van der Waals surface area contributed by atoms with Crippen LogP contribution in [0.2, 0.25) is 0 Å². The first-order chi connectivity index (χ1) is 7.61. The molecule has 0 unspecified atom stereocenters. The van der Waals surface area contributed by atoms with E-state index in [1.54, 1.807) is 18.2 Å². The highest BCUT2D eigenvalue weighted by molar-refractivity contribution is 8.00. The molecule has 1 rings (SSSR count). The van der Waals surface area contributed by atoms with E-state index in [2.05, 4.69) is 0 Å². The van der Waals surface area contributed by atoms with Gasteiger partial charge in [-0.15, -0.1) is 11.8 Å². The van der Waals surface area contributed by atoms with Gasteiger partial charge in [0.25, 0.3) is 0 Å². The molecule has 17 heavy (non-hydrogen) atoms. The molecule has 0 aromatic heterocycles. The highest BCUT2D eigenvalue weighted by atomic mass is 32.2. The first kappa shape index (κ1) is 14.4. The van der Waals surface area contributed by atoms with Gasteiger partial charge in [-0.2, -0.15) is 13.2 Å². The molecule has 0 fully saturated rings. The summed E-state index contributed by atoms with van der Waals surface area (Å²) in [4.78, 5) is 0.588. The number of hydrogen-bond acceptors (Lipinski definition) is 2. The Morgan fingerprint density at radius 2 is 1.65 bits per heavy atom. The summed E-state index contributed by atoms with van der Waals surface area (Å²) in [5, 5.41) is 0. The van der Waals surface area contributed by atoms with E-state index in [-0.39, 0.29) is 10.3 Å². The molecule has 0 bridgehead atoms. The molecule has 1 nitrogen and oxygen atoms in total. The largest absolute Gasteiger partial charge is 0.407 e. The minimum absolute atomic E-state index is 0.139. The minimum Gasteiger partial charge on any atom is -0.316 e. The van der Waals surface area contributed by atoms with Crippen LogP contribution >= 0.6 is 11.8 Å². The molecule has 1 aromatic rings. The van der Waals surface area contributed by atoms with Gasteiger partial charge in [0, 0.05) is 9.64 Å². The summed E-state index contributed by atoms with van der Waals surface area (Å²) in [6.45, 7) is 5.86. The van der Waals surface area contributed by atoms with Crippen molar-refractivity contribution in [1.29, 1.82) is 0 Å². The monoisotopic (exact) mass is 263 g/mol. The maximum Gasteiger partial charge on any atom is 0.407 e. The van der Waals surface area contributed by atoms with E-state index in [1.165, 1.54) is 17.8 Å². The summed E-state index contributed by atoms with van der Waals surface area (Å²) in [6, 6.07) is 4.49. The molecule has 2 N–H and O–H groups in total. The zero-order valence-electron chi connectivity index (χ0n) is 10.0. The van der Waals surface area contributed by atoms with Crippen LogP contribution in [0.4, 0.5) is 13.2 Å². The summed E-state index contributed by atoms with van der Waals surface area (Å²) in [5.74, 6) is 0. The van der Waals surface area contributed by atoms with Crippen molar-refractivity contribution in [3.8, 4) is 0 Å². The molecule has 0 amide bonds. The number of thioether (sulfide) groups is 1. The van der Waals surface area contributed by atoms with Crippen molar-refractivity contribution in [2.45, 2.75) is 42.6 Å². The van der Waals surface area contributed by atoms with Crippen molar-refractivity contribution < 1.29 is 13.2 Å². The van der Waals surface area contributed by atoms with Crippen LogP contribution in [-0.2, 0) is 0 Å². The van der Waals surface area contributed by atoms with Gasteiger partial charge in [-0.25, -0.2) is 0 Å². The third-order valence-corrected chi connectivity index (χ3v) is 3.23. The number of rotatable bonds is 2. The van der Waals surface area contributed by atoms with Gasteiger partial charge in [-0.1, -0.05) is 39.0 Å². The lowest BCUT2D eigenvalue weighted by atomic mass is 10.1. The van der Waals surface area contributed by atoms with Crippen LogP contribution in [0, 0.1) is 0 Å². The SMILES string of the molecule is CC(C)(C)Sc1ccccc1[C@@H](N)C(F)(F)F. The molecule has 1 aromatic carbocycles. The van der Waals surface area contributed by atoms with Gasteiger partial charge in [-0.3, -0.25) is 0 Å². The molecule has 1 atom stereocenters. The molecule has 0 aliphatic carbocycles. The fourth-order valence-corrected chi connectivity index (χ4v) is 2.46. The second-order valence-electron chi connectivity index (χ2n) is 4.77. The van der Waals surface area contributed by atoms with Crippen molar-refractivity contribution in [3.05, 3.63) is 29.8 Å². The zero-order valence-corrected chi connectivity index (χ0v) is 10.8. The number of hydrogen-bond donors (Lipinski definition) is 1. The van der Waals surface area contributed by atoms with E-state index in [1.807, 2.05) is 20.8 Å². The van der Waals surface area contributed by atoms with Crippen molar-refractivity contribution in [1.82, 2.24) is 0 Å². The maximum absolute atomic E-state index is 12.6. The number of halogens is 3. The first-order valence-electron chi connectivity index (χ1n) is 5.21. The molecule has 96 valence electrons. The zero-order chi connectivity index (χ0) is 13.3. The van der Waals surface area contributed by atoms with Crippen LogP contribution in [0.5, 0.6) is 0 Å². The minimum atomic E-state index is -4.41. The van der Waals surface area contributed by atoms with Crippen LogP contribution in [0.15, 0.2) is 29.2 Å². The Morgan fingerprint density at radius 3 is 2.12 bits per heavy atom. The van der Waals surface area contributed by atoms with Gasteiger partial charge in [0.05, 0.1) is 0 Å². The average Bonchev–Trinajstić information content (AvgIpc) is 2.13. The van der Waals surface area contributed by atoms with Crippen molar-refractivity contribution >= 4 is 11.8 Å². The van der Waals surface area contributed by atoms with Crippen LogP contribution in [0.3, 0.4) is 0 Å². The topological polar surface area (TPSA) is 26.0 Å². The van der Waals surface area contributed by atoms with Gasteiger partial charge in [0.2, 0.25) is 0 Å². The lowest BCUT2D eigenvalue weighted by Gasteiger charge is -2.23. The third kappa shape index (κ3) is 4.24. The highest BCUT2D eigenvalue weighted by Crippen LogP contribution is 2.39. The molecular weight excluding hydrogens is 247 g/mol. The molecule has 5 heteroatoms. The molecule has 0 saturated heterocycles. The molecule has 0 aliphatic rings. The van der Waals surface area contributed by atoms with Crippen LogP contribution < -0.4 is 5.73 Å². The Labute approximate surface area is 104 Å². The van der Waals surface area contributed by atoms with Gasteiger partial charge in [0.1, 0.15) is 6.04 Å². The number of benzene rings is 1. The summed E-state index contributed by atoms with van der Waals surface area (Å²) >= 11 is 1.39. The van der Waals surface area contributed by atoms with Gasteiger partial charge in [0.15, 0.2) is 0 Å². The van der Waals surface area contributed by atoms with Crippen LogP contribution in [0.25, 0.3) is 0 Å². The highest BCUT2D eigenvalue weighted by Gasteiger charge is 2.39. The molecule has 0 radical (unpaired) electrons. The van der Waals surface area contributed by atoms with E-state index < -0.39 is 12.2 Å². The smallest absolute Gasteiger partial charge is 0.316 e. The molecule has 0 aliphatic heterocycles. The lowest BCUT2D eigenvalue weighted by molar-refractivity contribution is -0.149. The van der Waals surface area contributed by atoms with Crippen molar-refractivity contribution in [2.75, 3.05) is 0 Å². The molecule has 0 spiro atoms. The summed E-state index contributed by atoms with van der Waals surface area (Å²) in [5.41, 5.74) is 5.39. The quantitative estimate of drug-likeness (QED) is 0.811. The van der Waals surface area contributed by atoms with E-state index >= 15 is 0 Å². The Bertz CT molecular complexity index is 382. The van der Waals surface area contributed by atoms with Crippen LogP contribution in [-0.4, -0.2) is 10.9 Å². The normalized spacial score (nSPS) is 14.8. The molecule has 0 saturated carbocycles. The number of nitrogens with two attached hydrogens (primary N) is 1. The summed E-state index contributed by atoms with van der Waals surface area (Å²) < 4.78 is 37.7. The standard InChI is InChI=1S/C12H16F3NS/c1-11(2,3)17-9-7-5-4-6-8(9)10(16)12(13,14)15/h4-7,10H,16H2,1-3H3/t10-/m1/s1. The molecular formula is C12H16F3NS. The Kier molecular flexibility index (Phi) is 4.15. The summed E-state index contributed by atoms with van der Waals surface area (Å²) in [6.07, 6.45) is -4.41. The Morgan fingerprint density at radius 1 is 1.12 bits per heavy atom. The average molecular weight is 263 g/mol. The fraction of sp³-hybridized carbons (Fsp3) is 0.500. The Hall–Kier alpha value is -0.680. The van der Waals surface area contributed by atoms with Crippen molar-refractivity contribution in [2.24, 2.45) is 5.73 Å². The lowest BCUT2D eigenvalue weighted by Crippen LogP contribution is -2.29. The van der Waals surface area contributed by atoms with Gasteiger partial charge < -0.3 is 5.73 Å². The Balaban J connectivity index is 3.08. The maximum atomic E-state index is 12.6. The van der Waals surface area contributed by atoms with E-state index in [0.717, 1.165) is 0 Å². The van der Waals surface area contributed by atoms with Crippen LogP contribution in [0.1, 0.15) is 32.4 Å². The third-order valence-electron chi connectivity index (χ3n) is 2.02. The number of alkyl halides is 3. The first-order valence-corrected chi connectivity index (χ1v) is 6.03. The van der Waals surface area contributed by atoms with Crippen molar-refractivity contribution in [3.63, 3.8) is 0 Å². The molecule has 0 heterocycles. The summed E-state index contributed by atoms with van der Waals surface area (Å²) in [7, 11) is 0. The van der Waals surface area contributed by atoms with E-state index in [4.69, 9.17) is 5.73 Å². The predicted molar refractivity (Wildman–Crippen MR) is 65.0 cm³/mol. The van der Waals surface area contributed by atoms with E-state index in [9.17, 15) is 13.2 Å². The van der Waals surface area contributed by atoms with Gasteiger partial charge >= 0.3 is 6.18 Å². The second-order valence-corrected chi connectivity index (χ2v) is 6.64. The second kappa shape index (κ2) is 4.90. The predicted octanol–water partition coefficient (Wildman–Crippen LogP) is 4.14. The fourth-order valence-electron chi connectivity index (χ4n) is 1.34. The van der Waals surface area contributed by atoms with E-state index in [0.29, 0.717) is 4.90 Å². The van der Waals surface area contributed by atoms with Gasteiger partial charge in [-0.05, 0) is 11.6 Å².